The van der Waals surface area contributed by atoms with Crippen LogP contribution in [0.25, 0.3) is 0 Å². The van der Waals surface area contributed by atoms with Gasteiger partial charge in [-0.15, -0.1) is 0 Å². The second kappa shape index (κ2) is 5.54. The van der Waals surface area contributed by atoms with E-state index in [0.29, 0.717) is 0 Å². The van der Waals surface area contributed by atoms with Crippen LogP contribution in [0.1, 0.15) is 33.9 Å². The molecule has 100 valence electrons. The van der Waals surface area contributed by atoms with Crippen LogP contribution in [-0.2, 0) is 0 Å². The molecule has 2 rings (SSSR count). The molecule has 0 aliphatic rings. The highest BCUT2D eigenvalue weighted by Crippen LogP contribution is 2.25. The fraction of sp³-hybridized carbons (Fsp3) is 0.294. The van der Waals surface area contributed by atoms with Crippen molar-refractivity contribution in [3.05, 3.63) is 70.0 Å². The van der Waals surface area contributed by atoms with Gasteiger partial charge in [0.15, 0.2) is 0 Å². The maximum absolute atomic E-state index is 13.6. The Balaban J connectivity index is 2.49. The molecule has 0 aromatic heterocycles. The monoisotopic (exact) mass is 257 g/mol. The van der Waals surface area contributed by atoms with Crippen molar-refractivity contribution in [1.29, 1.82) is 0 Å². The quantitative estimate of drug-likeness (QED) is 0.874. The molecular weight excluding hydrogens is 237 g/mol. The molecule has 1 atom stereocenters. The fourth-order valence-electron chi connectivity index (χ4n) is 2.63. The lowest BCUT2D eigenvalue weighted by atomic mass is 9.95. The molecule has 0 saturated heterocycles. The molecule has 0 heterocycles. The Morgan fingerprint density at radius 2 is 1.26 bits per heavy atom. The van der Waals surface area contributed by atoms with Gasteiger partial charge in [0.2, 0.25) is 0 Å². The largest absolute Gasteiger partial charge is 0.309 e. The third kappa shape index (κ3) is 3.21. The van der Waals surface area contributed by atoms with Crippen molar-refractivity contribution in [2.45, 2.75) is 26.8 Å². The van der Waals surface area contributed by atoms with E-state index in [1.807, 2.05) is 20.0 Å². The van der Waals surface area contributed by atoms with Crippen LogP contribution in [0.3, 0.4) is 0 Å². The van der Waals surface area contributed by atoms with Crippen LogP contribution in [0.5, 0.6) is 0 Å². The van der Waals surface area contributed by atoms with Crippen molar-refractivity contribution < 1.29 is 4.39 Å². The molecule has 0 aliphatic heterocycles. The lowest BCUT2D eigenvalue weighted by molar-refractivity contribution is 0.615. The standard InChI is InChI=1S/C17H20FN/c1-11-5-12(2)7-14(6-11)17(19-4)15-8-13(3)9-16(18)10-15/h5-10,17,19H,1-4H3. The highest BCUT2D eigenvalue weighted by molar-refractivity contribution is 5.38. The van der Waals surface area contributed by atoms with E-state index < -0.39 is 0 Å². The van der Waals surface area contributed by atoms with Gasteiger partial charge in [-0.25, -0.2) is 4.39 Å². The van der Waals surface area contributed by atoms with E-state index in [0.717, 1.165) is 11.1 Å². The number of aryl methyl sites for hydroxylation is 3. The first kappa shape index (κ1) is 13.8. The van der Waals surface area contributed by atoms with E-state index in [4.69, 9.17) is 0 Å². The smallest absolute Gasteiger partial charge is 0.123 e. The van der Waals surface area contributed by atoms with Gasteiger partial charge >= 0.3 is 0 Å². The maximum atomic E-state index is 13.6. The molecule has 19 heavy (non-hydrogen) atoms. The van der Waals surface area contributed by atoms with Crippen molar-refractivity contribution in [3.8, 4) is 0 Å². The molecule has 2 aromatic carbocycles. The van der Waals surface area contributed by atoms with Gasteiger partial charge in [-0.3, -0.25) is 0 Å². The second-order valence-corrected chi connectivity index (χ2v) is 5.20. The minimum absolute atomic E-state index is 0.0213. The molecule has 2 heteroatoms. The molecule has 0 saturated carbocycles. The predicted octanol–water partition coefficient (Wildman–Crippen LogP) is 4.06. The number of halogens is 1. The minimum Gasteiger partial charge on any atom is -0.309 e. The predicted molar refractivity (Wildman–Crippen MR) is 78.0 cm³/mol. The molecule has 0 aliphatic carbocycles. The van der Waals surface area contributed by atoms with Crippen molar-refractivity contribution in [2.75, 3.05) is 7.05 Å². The van der Waals surface area contributed by atoms with Crippen molar-refractivity contribution in [2.24, 2.45) is 0 Å². The van der Waals surface area contributed by atoms with Gasteiger partial charge in [-0.05, 0) is 56.6 Å². The van der Waals surface area contributed by atoms with Gasteiger partial charge in [-0.1, -0.05) is 35.4 Å². The summed E-state index contributed by atoms with van der Waals surface area (Å²) in [6, 6.07) is 11.6. The van der Waals surface area contributed by atoms with Crippen LogP contribution in [0, 0.1) is 26.6 Å². The molecule has 0 fully saturated rings. The first-order valence-electron chi connectivity index (χ1n) is 6.52. The Bertz CT molecular complexity index is 498. The van der Waals surface area contributed by atoms with Crippen LogP contribution >= 0.6 is 0 Å². The summed E-state index contributed by atoms with van der Waals surface area (Å²) in [6.07, 6.45) is 0. The summed E-state index contributed by atoms with van der Waals surface area (Å²) in [6.45, 7) is 6.08. The van der Waals surface area contributed by atoms with E-state index in [2.05, 4.69) is 37.4 Å². The first-order valence-corrected chi connectivity index (χ1v) is 6.52. The van der Waals surface area contributed by atoms with Gasteiger partial charge in [0.1, 0.15) is 5.82 Å². The Labute approximate surface area is 114 Å². The normalized spacial score (nSPS) is 12.5. The zero-order chi connectivity index (χ0) is 14.0. The van der Waals surface area contributed by atoms with E-state index in [1.165, 1.54) is 16.7 Å². The molecule has 2 aromatic rings. The third-order valence-electron chi connectivity index (χ3n) is 3.26. The number of rotatable bonds is 3. The molecule has 0 radical (unpaired) electrons. The van der Waals surface area contributed by atoms with Crippen LogP contribution in [0.4, 0.5) is 4.39 Å². The highest BCUT2D eigenvalue weighted by Gasteiger charge is 2.14. The molecular formula is C17H20FN. The lowest BCUT2D eigenvalue weighted by Gasteiger charge is -2.19. The number of benzene rings is 2. The lowest BCUT2D eigenvalue weighted by Crippen LogP contribution is -2.18. The molecule has 1 nitrogen and oxygen atoms in total. The molecule has 1 unspecified atom stereocenters. The molecule has 0 bridgehead atoms. The summed E-state index contributed by atoms with van der Waals surface area (Å²) in [5.41, 5.74) is 5.53. The molecule has 0 spiro atoms. The number of hydrogen-bond donors (Lipinski definition) is 1. The summed E-state index contributed by atoms with van der Waals surface area (Å²) in [5.74, 6) is -0.181. The van der Waals surface area contributed by atoms with Gasteiger partial charge in [0.05, 0.1) is 6.04 Å². The first-order chi connectivity index (χ1) is 8.99. The van der Waals surface area contributed by atoms with E-state index in [1.54, 1.807) is 12.1 Å². The zero-order valence-electron chi connectivity index (χ0n) is 11.9. The van der Waals surface area contributed by atoms with E-state index in [9.17, 15) is 4.39 Å². The Morgan fingerprint density at radius 3 is 1.74 bits per heavy atom. The Kier molecular flexibility index (Phi) is 4.01. The van der Waals surface area contributed by atoms with Crippen LogP contribution in [0.2, 0.25) is 0 Å². The topological polar surface area (TPSA) is 12.0 Å². The van der Waals surface area contributed by atoms with Gasteiger partial charge in [0.25, 0.3) is 0 Å². The highest BCUT2D eigenvalue weighted by atomic mass is 19.1. The number of hydrogen-bond acceptors (Lipinski definition) is 1. The minimum atomic E-state index is -0.181. The van der Waals surface area contributed by atoms with Crippen LogP contribution < -0.4 is 5.32 Å². The van der Waals surface area contributed by atoms with Crippen molar-refractivity contribution in [1.82, 2.24) is 5.32 Å². The average molecular weight is 257 g/mol. The van der Waals surface area contributed by atoms with Crippen molar-refractivity contribution >= 4 is 0 Å². The number of nitrogens with one attached hydrogen (secondary N) is 1. The fourth-order valence-corrected chi connectivity index (χ4v) is 2.63. The van der Waals surface area contributed by atoms with E-state index >= 15 is 0 Å². The summed E-state index contributed by atoms with van der Waals surface area (Å²) < 4.78 is 13.6. The van der Waals surface area contributed by atoms with E-state index in [-0.39, 0.29) is 11.9 Å². The molecule has 1 N–H and O–H groups in total. The van der Waals surface area contributed by atoms with Gasteiger partial charge in [0, 0.05) is 0 Å². The average Bonchev–Trinajstić information content (AvgIpc) is 2.27. The third-order valence-corrected chi connectivity index (χ3v) is 3.26. The Morgan fingerprint density at radius 1 is 0.789 bits per heavy atom. The van der Waals surface area contributed by atoms with Gasteiger partial charge in [-0.2, -0.15) is 0 Å². The molecule has 0 amide bonds. The van der Waals surface area contributed by atoms with Crippen molar-refractivity contribution in [3.63, 3.8) is 0 Å². The van der Waals surface area contributed by atoms with Crippen LogP contribution in [-0.4, -0.2) is 7.05 Å². The second-order valence-electron chi connectivity index (χ2n) is 5.20. The zero-order valence-corrected chi connectivity index (χ0v) is 11.9. The summed E-state index contributed by atoms with van der Waals surface area (Å²) in [5, 5.41) is 3.28. The maximum Gasteiger partial charge on any atom is 0.123 e. The van der Waals surface area contributed by atoms with Gasteiger partial charge < -0.3 is 5.32 Å². The van der Waals surface area contributed by atoms with Crippen LogP contribution in [0.15, 0.2) is 36.4 Å². The summed E-state index contributed by atoms with van der Waals surface area (Å²) in [7, 11) is 1.91. The summed E-state index contributed by atoms with van der Waals surface area (Å²) in [4.78, 5) is 0. The summed E-state index contributed by atoms with van der Waals surface area (Å²) >= 11 is 0. The Hall–Kier alpha value is -1.67. The SMILES string of the molecule is CNC(c1cc(C)cc(C)c1)c1cc(C)cc(F)c1.